The Kier molecular flexibility index (Phi) is 4.96. The number of aryl methyl sites for hydroxylation is 1. The number of amides is 1. The number of hydrogen-bond acceptors (Lipinski definition) is 6. The molecule has 1 N–H and O–H groups in total. The Morgan fingerprint density at radius 3 is 2.62 bits per heavy atom. The molecule has 3 rings (SSSR count). The molecule has 3 heterocycles. The van der Waals surface area contributed by atoms with Crippen LogP contribution in [0.15, 0.2) is 28.5 Å². The van der Waals surface area contributed by atoms with Crippen LogP contribution in [0.4, 0.5) is 11.5 Å². The van der Waals surface area contributed by atoms with Crippen molar-refractivity contribution in [3.8, 4) is 0 Å². The van der Waals surface area contributed by atoms with Gasteiger partial charge >= 0.3 is 4.87 Å². The number of piperazine rings is 1. The Balaban J connectivity index is 1.60. The van der Waals surface area contributed by atoms with Gasteiger partial charge in [-0.15, -0.1) is 0 Å². The lowest BCUT2D eigenvalue weighted by molar-refractivity contribution is -0.116. The normalized spacial score (nSPS) is 15.5. The number of carbonyl (C=O) groups is 1. The second-order valence-electron chi connectivity index (χ2n) is 5.97. The molecule has 7 nitrogen and oxygen atoms in total. The first-order valence-corrected chi connectivity index (χ1v) is 8.75. The number of likely N-dealkylation sites (N-methyl/N-ethyl adjacent to an activating group) is 1. The molecule has 0 bridgehead atoms. The van der Waals surface area contributed by atoms with E-state index in [2.05, 4.69) is 27.1 Å². The van der Waals surface area contributed by atoms with Crippen molar-refractivity contribution in [1.29, 1.82) is 0 Å². The predicted molar refractivity (Wildman–Crippen MR) is 95.9 cm³/mol. The number of anilines is 2. The summed E-state index contributed by atoms with van der Waals surface area (Å²) in [6.45, 7) is 5.79. The molecule has 1 amide bonds. The fourth-order valence-electron chi connectivity index (χ4n) is 2.62. The summed E-state index contributed by atoms with van der Waals surface area (Å²) in [5, 5.41) is 4.54. The molecule has 128 valence electrons. The molecule has 2 aromatic rings. The first-order chi connectivity index (χ1) is 11.5. The van der Waals surface area contributed by atoms with Gasteiger partial charge in [-0.3, -0.25) is 14.2 Å². The first-order valence-electron chi connectivity index (χ1n) is 7.87. The summed E-state index contributed by atoms with van der Waals surface area (Å²) in [5.41, 5.74) is 1.43. The highest BCUT2D eigenvalue weighted by Gasteiger charge is 2.15. The number of hydrogen-bond donors (Lipinski definition) is 1. The third kappa shape index (κ3) is 3.82. The highest BCUT2D eigenvalue weighted by atomic mass is 32.1. The molecule has 8 heteroatoms. The van der Waals surface area contributed by atoms with E-state index in [4.69, 9.17) is 0 Å². The predicted octanol–water partition coefficient (Wildman–Crippen LogP) is 1.00. The van der Waals surface area contributed by atoms with Crippen LogP contribution >= 0.6 is 11.3 Å². The maximum absolute atomic E-state index is 12.1. The van der Waals surface area contributed by atoms with Crippen molar-refractivity contribution >= 4 is 28.7 Å². The van der Waals surface area contributed by atoms with Gasteiger partial charge in [-0.25, -0.2) is 4.98 Å². The highest BCUT2D eigenvalue weighted by Crippen LogP contribution is 2.16. The van der Waals surface area contributed by atoms with Crippen molar-refractivity contribution in [2.75, 3.05) is 43.4 Å². The van der Waals surface area contributed by atoms with Crippen molar-refractivity contribution in [1.82, 2.24) is 14.5 Å². The van der Waals surface area contributed by atoms with Gasteiger partial charge in [0, 0.05) is 37.3 Å². The van der Waals surface area contributed by atoms with Crippen LogP contribution in [0, 0.1) is 6.92 Å². The number of aromatic nitrogens is 2. The first kappa shape index (κ1) is 16.7. The van der Waals surface area contributed by atoms with E-state index in [1.165, 1.54) is 4.57 Å². The average molecular weight is 347 g/mol. The van der Waals surface area contributed by atoms with Crippen LogP contribution < -0.4 is 15.1 Å². The lowest BCUT2D eigenvalue weighted by Crippen LogP contribution is -2.44. The van der Waals surface area contributed by atoms with Crippen molar-refractivity contribution < 1.29 is 4.79 Å². The van der Waals surface area contributed by atoms with Crippen LogP contribution in [0.25, 0.3) is 0 Å². The summed E-state index contributed by atoms with van der Waals surface area (Å²) in [6, 6.07) is 3.77. The van der Waals surface area contributed by atoms with Gasteiger partial charge in [-0.1, -0.05) is 11.3 Å². The van der Waals surface area contributed by atoms with Crippen molar-refractivity contribution in [2.24, 2.45) is 0 Å². The minimum atomic E-state index is -0.229. The topological polar surface area (TPSA) is 70.5 Å². The van der Waals surface area contributed by atoms with E-state index < -0.39 is 0 Å². The zero-order valence-electron chi connectivity index (χ0n) is 13.9. The van der Waals surface area contributed by atoms with E-state index >= 15 is 0 Å². The molecule has 0 aliphatic carbocycles. The molecule has 1 aliphatic heterocycles. The number of pyridine rings is 1. The van der Waals surface area contributed by atoms with Crippen molar-refractivity contribution in [2.45, 2.75) is 13.5 Å². The lowest BCUT2D eigenvalue weighted by Gasteiger charge is -2.33. The zero-order chi connectivity index (χ0) is 17.1. The number of carbonyl (C=O) groups excluding carboxylic acids is 1. The molecule has 0 radical (unpaired) electrons. The molecule has 24 heavy (non-hydrogen) atoms. The lowest BCUT2D eigenvalue weighted by atomic mass is 10.3. The summed E-state index contributed by atoms with van der Waals surface area (Å²) in [4.78, 5) is 32.6. The highest BCUT2D eigenvalue weighted by molar-refractivity contribution is 7.07. The maximum Gasteiger partial charge on any atom is 0.307 e. The molecular formula is C16H21N5O2S. The minimum absolute atomic E-state index is 0.0222. The van der Waals surface area contributed by atoms with Gasteiger partial charge < -0.3 is 15.1 Å². The Bertz CT molecular complexity index is 760. The second kappa shape index (κ2) is 7.14. The Hall–Kier alpha value is -2.19. The summed E-state index contributed by atoms with van der Waals surface area (Å²) >= 11 is 1.10. The summed E-state index contributed by atoms with van der Waals surface area (Å²) < 4.78 is 1.46. The van der Waals surface area contributed by atoms with Crippen LogP contribution in [0.2, 0.25) is 0 Å². The third-order valence-corrected chi connectivity index (χ3v) is 5.02. The van der Waals surface area contributed by atoms with Crippen LogP contribution in [0.3, 0.4) is 0 Å². The minimum Gasteiger partial charge on any atom is -0.354 e. The number of nitrogens with zero attached hydrogens (tertiary/aromatic N) is 4. The van der Waals surface area contributed by atoms with Crippen molar-refractivity contribution in [3.05, 3.63) is 39.1 Å². The molecule has 1 fully saturated rings. The molecule has 0 aromatic carbocycles. The Labute approximate surface area is 144 Å². The number of nitrogens with one attached hydrogen (secondary N) is 1. The van der Waals surface area contributed by atoms with Crippen LogP contribution in [0.5, 0.6) is 0 Å². The van der Waals surface area contributed by atoms with Gasteiger partial charge in [0.15, 0.2) is 0 Å². The average Bonchev–Trinajstić information content (AvgIpc) is 2.88. The smallest absolute Gasteiger partial charge is 0.307 e. The SMILES string of the molecule is Cc1csc(=O)n1CC(=O)Nc1ccc(N2CCN(C)CC2)nc1. The van der Waals surface area contributed by atoms with E-state index in [-0.39, 0.29) is 17.3 Å². The van der Waals surface area contributed by atoms with Gasteiger partial charge in [0.1, 0.15) is 12.4 Å². The second-order valence-corrected chi connectivity index (χ2v) is 6.79. The van der Waals surface area contributed by atoms with Crippen LogP contribution in [-0.4, -0.2) is 53.6 Å². The molecule has 0 atom stereocenters. The Morgan fingerprint density at radius 2 is 2.04 bits per heavy atom. The third-order valence-electron chi connectivity index (χ3n) is 4.14. The van der Waals surface area contributed by atoms with E-state index in [0.717, 1.165) is 49.0 Å². The van der Waals surface area contributed by atoms with Gasteiger partial charge in [0.05, 0.1) is 11.9 Å². The molecular weight excluding hydrogens is 326 g/mol. The fraction of sp³-hybridized carbons (Fsp3) is 0.438. The monoisotopic (exact) mass is 347 g/mol. The van der Waals surface area contributed by atoms with Gasteiger partial charge in [-0.05, 0) is 26.1 Å². The van der Waals surface area contributed by atoms with Gasteiger partial charge in [-0.2, -0.15) is 0 Å². The van der Waals surface area contributed by atoms with Gasteiger partial charge in [0.25, 0.3) is 0 Å². The molecule has 0 saturated carbocycles. The largest absolute Gasteiger partial charge is 0.354 e. The van der Waals surface area contributed by atoms with Crippen LogP contribution in [-0.2, 0) is 11.3 Å². The zero-order valence-corrected chi connectivity index (χ0v) is 14.7. The van der Waals surface area contributed by atoms with E-state index in [1.807, 2.05) is 19.1 Å². The number of thiazole rings is 1. The van der Waals surface area contributed by atoms with Gasteiger partial charge in [0.2, 0.25) is 5.91 Å². The van der Waals surface area contributed by atoms with Crippen LogP contribution in [0.1, 0.15) is 5.69 Å². The molecule has 1 aliphatic rings. The number of rotatable bonds is 4. The maximum atomic E-state index is 12.1. The summed E-state index contributed by atoms with van der Waals surface area (Å²) in [7, 11) is 2.12. The quantitative estimate of drug-likeness (QED) is 0.894. The Morgan fingerprint density at radius 1 is 1.29 bits per heavy atom. The summed E-state index contributed by atoms with van der Waals surface area (Å²) in [5.74, 6) is 0.693. The molecule has 1 saturated heterocycles. The summed E-state index contributed by atoms with van der Waals surface area (Å²) in [6.07, 6.45) is 1.66. The standard InChI is InChI=1S/C16H21N5O2S/c1-12-11-24-16(23)21(12)10-15(22)18-13-3-4-14(17-9-13)20-7-5-19(2)6-8-20/h3-4,9,11H,5-8,10H2,1-2H3,(H,18,22). The molecule has 0 spiro atoms. The molecule has 0 unspecified atom stereocenters. The van der Waals surface area contributed by atoms with E-state index in [0.29, 0.717) is 5.69 Å². The van der Waals surface area contributed by atoms with E-state index in [1.54, 1.807) is 11.6 Å². The van der Waals surface area contributed by atoms with Crippen molar-refractivity contribution in [3.63, 3.8) is 0 Å². The van der Waals surface area contributed by atoms with E-state index in [9.17, 15) is 9.59 Å². The fourth-order valence-corrected chi connectivity index (χ4v) is 3.36. The molecule has 2 aromatic heterocycles.